The topological polar surface area (TPSA) is 46.0 Å². The lowest BCUT2D eigenvalue weighted by atomic mass is 9.95. The van der Waals surface area contributed by atoms with Crippen LogP contribution in [0.3, 0.4) is 0 Å². The highest BCUT2D eigenvalue weighted by Gasteiger charge is 2.27. The van der Waals surface area contributed by atoms with E-state index in [-0.39, 0.29) is 12.4 Å². The number of likely N-dealkylation sites (tertiary alicyclic amines) is 1. The van der Waals surface area contributed by atoms with Crippen molar-refractivity contribution in [2.45, 2.75) is 38.4 Å². The van der Waals surface area contributed by atoms with Crippen LogP contribution in [0, 0.1) is 0 Å². The molecule has 0 amide bonds. The van der Waals surface area contributed by atoms with Crippen molar-refractivity contribution in [3.8, 4) is 11.1 Å². The Kier molecular flexibility index (Phi) is 6.28. The molecule has 2 aromatic carbocycles. The summed E-state index contributed by atoms with van der Waals surface area (Å²) in [5.74, 6) is 2.86. The second kappa shape index (κ2) is 9.08. The Hall–Kier alpha value is -2.21. The molecule has 29 heavy (non-hydrogen) atoms. The molecule has 1 N–H and O–H groups in total. The van der Waals surface area contributed by atoms with Gasteiger partial charge in [0.2, 0.25) is 0 Å². The minimum atomic E-state index is 0. The number of fused-ring (bicyclic) bond motifs is 1. The summed E-state index contributed by atoms with van der Waals surface area (Å²) >= 11 is 0. The number of halogens is 1. The van der Waals surface area contributed by atoms with Gasteiger partial charge in [-0.2, -0.15) is 0 Å². The Morgan fingerprint density at radius 3 is 2.52 bits per heavy atom. The highest BCUT2D eigenvalue weighted by Crippen LogP contribution is 2.29. The average molecular weight is 410 g/mol. The normalized spacial score (nSPS) is 17.5. The van der Waals surface area contributed by atoms with Crippen molar-refractivity contribution in [3.05, 3.63) is 71.8 Å². The van der Waals surface area contributed by atoms with E-state index in [2.05, 4.69) is 79.6 Å². The summed E-state index contributed by atoms with van der Waals surface area (Å²) < 4.78 is 2.35. The van der Waals surface area contributed by atoms with Crippen molar-refractivity contribution in [1.82, 2.24) is 25.0 Å². The van der Waals surface area contributed by atoms with Crippen LogP contribution in [0.25, 0.3) is 11.1 Å². The third-order valence-corrected chi connectivity index (χ3v) is 6.04. The zero-order valence-corrected chi connectivity index (χ0v) is 17.4. The predicted molar refractivity (Wildman–Crippen MR) is 118 cm³/mol. The summed E-state index contributed by atoms with van der Waals surface area (Å²) in [5.41, 5.74) is 3.98. The molecular weight excluding hydrogens is 382 g/mol. The first-order chi connectivity index (χ1) is 13.9. The van der Waals surface area contributed by atoms with E-state index in [1.165, 1.54) is 35.4 Å². The molecule has 1 fully saturated rings. The Bertz CT molecular complexity index is 931. The van der Waals surface area contributed by atoms with Crippen LogP contribution in [-0.4, -0.2) is 39.3 Å². The van der Waals surface area contributed by atoms with Crippen LogP contribution in [0.5, 0.6) is 0 Å². The van der Waals surface area contributed by atoms with E-state index >= 15 is 0 Å². The van der Waals surface area contributed by atoms with E-state index in [0.717, 1.165) is 45.1 Å². The van der Waals surface area contributed by atoms with Gasteiger partial charge in [0.1, 0.15) is 11.6 Å². The highest BCUT2D eigenvalue weighted by molar-refractivity contribution is 5.85. The summed E-state index contributed by atoms with van der Waals surface area (Å²) in [6.45, 7) is 6.15. The Morgan fingerprint density at radius 2 is 1.69 bits per heavy atom. The fraction of sp³-hybridized carbons (Fsp3) is 0.391. The molecule has 5 rings (SSSR count). The predicted octanol–water partition coefficient (Wildman–Crippen LogP) is 3.85. The molecule has 0 spiro atoms. The van der Waals surface area contributed by atoms with Crippen LogP contribution in [-0.2, 0) is 19.6 Å². The van der Waals surface area contributed by atoms with Crippen LogP contribution >= 0.6 is 12.4 Å². The first kappa shape index (κ1) is 20.1. The maximum atomic E-state index is 4.53. The van der Waals surface area contributed by atoms with E-state index in [1.54, 1.807) is 0 Å². The lowest BCUT2D eigenvalue weighted by Crippen LogP contribution is -2.34. The largest absolute Gasteiger partial charge is 0.312 e. The fourth-order valence-electron chi connectivity index (χ4n) is 4.50. The number of nitrogens with one attached hydrogen (secondary N) is 1. The quantitative estimate of drug-likeness (QED) is 0.710. The van der Waals surface area contributed by atoms with Crippen LogP contribution in [0.15, 0.2) is 54.6 Å². The van der Waals surface area contributed by atoms with E-state index in [9.17, 15) is 0 Å². The lowest BCUT2D eigenvalue weighted by molar-refractivity contribution is 0.199. The zero-order chi connectivity index (χ0) is 18.8. The van der Waals surface area contributed by atoms with Gasteiger partial charge in [0.15, 0.2) is 0 Å². The second-order valence-electron chi connectivity index (χ2n) is 7.92. The highest BCUT2D eigenvalue weighted by atomic mass is 35.5. The molecule has 1 saturated heterocycles. The van der Waals surface area contributed by atoms with E-state index in [0.29, 0.717) is 5.92 Å². The molecule has 5 nitrogen and oxygen atoms in total. The Balaban J connectivity index is 0.00000205. The molecule has 0 unspecified atom stereocenters. The minimum absolute atomic E-state index is 0. The standard InChI is InChI=1S/C23H27N5.ClH/c1-2-6-19(7-3-1)21-8-4-5-18(15-21)17-27-12-9-20(10-13-27)23-26-25-22-16-24-11-14-28(22)23;/h1-8,15,20,24H,9-14,16-17H2;1H. The fourth-order valence-corrected chi connectivity index (χ4v) is 4.50. The van der Waals surface area contributed by atoms with E-state index in [4.69, 9.17) is 0 Å². The number of nitrogens with zero attached hydrogens (tertiary/aromatic N) is 4. The third-order valence-electron chi connectivity index (χ3n) is 6.04. The average Bonchev–Trinajstić information content (AvgIpc) is 3.19. The number of rotatable bonds is 4. The molecule has 0 aliphatic carbocycles. The maximum Gasteiger partial charge on any atom is 0.147 e. The van der Waals surface area contributed by atoms with E-state index in [1.807, 2.05) is 0 Å². The molecule has 1 aromatic heterocycles. The lowest BCUT2D eigenvalue weighted by Gasteiger charge is -2.32. The number of hydrogen-bond acceptors (Lipinski definition) is 4. The van der Waals surface area contributed by atoms with Gasteiger partial charge >= 0.3 is 0 Å². The smallest absolute Gasteiger partial charge is 0.147 e. The molecule has 0 bridgehead atoms. The van der Waals surface area contributed by atoms with Gasteiger partial charge in [-0.05, 0) is 48.7 Å². The third kappa shape index (κ3) is 4.37. The van der Waals surface area contributed by atoms with Crippen molar-refractivity contribution >= 4 is 12.4 Å². The van der Waals surface area contributed by atoms with Gasteiger partial charge in [-0.25, -0.2) is 0 Å². The van der Waals surface area contributed by atoms with Gasteiger partial charge in [0, 0.05) is 25.6 Å². The number of piperidine rings is 1. The monoisotopic (exact) mass is 409 g/mol. The van der Waals surface area contributed by atoms with Gasteiger partial charge in [-0.1, -0.05) is 48.5 Å². The first-order valence-corrected chi connectivity index (χ1v) is 10.4. The van der Waals surface area contributed by atoms with Crippen LogP contribution < -0.4 is 5.32 Å². The molecule has 2 aliphatic heterocycles. The Morgan fingerprint density at radius 1 is 0.897 bits per heavy atom. The van der Waals surface area contributed by atoms with Crippen LogP contribution in [0.1, 0.15) is 36.0 Å². The molecular formula is C23H28ClN5. The van der Waals surface area contributed by atoms with Crippen molar-refractivity contribution in [1.29, 1.82) is 0 Å². The number of benzene rings is 2. The van der Waals surface area contributed by atoms with Gasteiger partial charge in [0.05, 0.1) is 6.54 Å². The van der Waals surface area contributed by atoms with Crippen molar-refractivity contribution < 1.29 is 0 Å². The second-order valence-corrected chi connectivity index (χ2v) is 7.92. The summed E-state index contributed by atoms with van der Waals surface area (Å²) in [6.07, 6.45) is 2.34. The molecule has 0 radical (unpaired) electrons. The molecule has 0 atom stereocenters. The van der Waals surface area contributed by atoms with Crippen LogP contribution in [0.4, 0.5) is 0 Å². The van der Waals surface area contributed by atoms with Crippen molar-refractivity contribution in [2.75, 3.05) is 19.6 Å². The molecule has 152 valence electrons. The molecule has 6 heteroatoms. The summed E-state index contributed by atoms with van der Waals surface area (Å²) in [7, 11) is 0. The van der Waals surface area contributed by atoms with Crippen molar-refractivity contribution in [2.24, 2.45) is 0 Å². The van der Waals surface area contributed by atoms with Gasteiger partial charge in [0.25, 0.3) is 0 Å². The van der Waals surface area contributed by atoms with Gasteiger partial charge < -0.3 is 9.88 Å². The SMILES string of the molecule is Cl.c1ccc(-c2cccc(CN3CCC(c4nnc5n4CCNC5)CC3)c2)cc1. The maximum absolute atomic E-state index is 4.53. The molecule has 0 saturated carbocycles. The summed E-state index contributed by atoms with van der Waals surface area (Å²) in [6, 6.07) is 19.6. The van der Waals surface area contributed by atoms with Crippen LogP contribution in [0.2, 0.25) is 0 Å². The number of hydrogen-bond donors (Lipinski definition) is 1. The van der Waals surface area contributed by atoms with E-state index < -0.39 is 0 Å². The number of aromatic nitrogens is 3. The summed E-state index contributed by atoms with van der Waals surface area (Å²) in [5, 5.41) is 12.3. The minimum Gasteiger partial charge on any atom is -0.312 e. The van der Waals surface area contributed by atoms with Gasteiger partial charge in [-0.15, -0.1) is 22.6 Å². The molecule has 3 heterocycles. The molecule has 2 aliphatic rings. The Labute approximate surface area is 178 Å². The zero-order valence-electron chi connectivity index (χ0n) is 16.6. The van der Waals surface area contributed by atoms with Gasteiger partial charge in [-0.3, -0.25) is 4.90 Å². The summed E-state index contributed by atoms with van der Waals surface area (Å²) in [4.78, 5) is 2.58. The first-order valence-electron chi connectivity index (χ1n) is 10.4. The molecule has 3 aromatic rings. The van der Waals surface area contributed by atoms with Crippen molar-refractivity contribution in [3.63, 3.8) is 0 Å².